The minimum absolute atomic E-state index is 0.0110. The van der Waals surface area contributed by atoms with Crippen LogP contribution in [-0.2, 0) is 10.0 Å². The van der Waals surface area contributed by atoms with E-state index in [9.17, 15) is 26.7 Å². The topological polar surface area (TPSA) is 75.6 Å². The number of phenols is 1. The normalized spacial score (nSPS) is 12.0. The lowest BCUT2D eigenvalue weighted by Crippen LogP contribution is -2.17. The zero-order valence-electron chi connectivity index (χ0n) is 12.7. The Morgan fingerprint density at radius 1 is 1.08 bits per heavy atom. The molecular weight excluding hydrogens is 347 g/mol. The highest BCUT2D eigenvalue weighted by Crippen LogP contribution is 2.31. The Hall–Kier alpha value is -2.42. The molecule has 0 heterocycles. The molecule has 5 nitrogen and oxygen atoms in total. The van der Waals surface area contributed by atoms with Gasteiger partial charge >= 0.3 is 6.36 Å². The second-order valence-corrected chi connectivity index (χ2v) is 6.79. The van der Waals surface area contributed by atoms with E-state index in [0.29, 0.717) is 5.56 Å². The van der Waals surface area contributed by atoms with E-state index in [2.05, 4.69) is 9.46 Å². The quantitative estimate of drug-likeness (QED) is 0.814. The SMILES string of the molecule is Cc1cc(C)c(O)c(NS(=O)(=O)c2ccc(OC(F)(F)F)cc2)c1. The highest BCUT2D eigenvalue weighted by atomic mass is 32.2. The van der Waals surface area contributed by atoms with Crippen molar-refractivity contribution in [2.75, 3.05) is 4.72 Å². The van der Waals surface area contributed by atoms with Gasteiger partial charge in [-0.1, -0.05) is 6.07 Å². The molecule has 0 saturated carbocycles. The molecular formula is C15H14F3NO4S. The molecule has 0 aromatic heterocycles. The van der Waals surface area contributed by atoms with Gasteiger partial charge in [0.05, 0.1) is 10.6 Å². The zero-order valence-corrected chi connectivity index (χ0v) is 13.5. The van der Waals surface area contributed by atoms with Gasteiger partial charge in [0.2, 0.25) is 0 Å². The summed E-state index contributed by atoms with van der Waals surface area (Å²) in [6, 6.07) is 6.86. The molecule has 0 bridgehead atoms. The number of rotatable bonds is 4. The number of nitrogens with one attached hydrogen (secondary N) is 1. The number of hydrogen-bond donors (Lipinski definition) is 2. The van der Waals surface area contributed by atoms with E-state index in [-0.39, 0.29) is 16.3 Å². The third-order valence-corrected chi connectivity index (χ3v) is 4.44. The molecule has 9 heteroatoms. The molecule has 24 heavy (non-hydrogen) atoms. The first-order valence-electron chi connectivity index (χ1n) is 6.67. The Morgan fingerprint density at radius 3 is 2.21 bits per heavy atom. The Labute approximate surface area is 136 Å². The van der Waals surface area contributed by atoms with Gasteiger partial charge in [0, 0.05) is 0 Å². The van der Waals surface area contributed by atoms with Crippen molar-refractivity contribution in [3.05, 3.63) is 47.5 Å². The van der Waals surface area contributed by atoms with Crippen LogP contribution in [-0.4, -0.2) is 19.9 Å². The van der Waals surface area contributed by atoms with Crippen LogP contribution in [0.5, 0.6) is 11.5 Å². The maximum atomic E-state index is 12.3. The van der Waals surface area contributed by atoms with Gasteiger partial charge in [-0.25, -0.2) is 8.42 Å². The largest absolute Gasteiger partial charge is 0.573 e. The van der Waals surface area contributed by atoms with E-state index in [0.717, 1.165) is 29.8 Å². The second kappa shape index (κ2) is 6.23. The van der Waals surface area contributed by atoms with E-state index in [1.807, 2.05) is 0 Å². The molecule has 0 fully saturated rings. The molecule has 0 aliphatic rings. The first kappa shape index (κ1) is 17.9. The first-order chi connectivity index (χ1) is 11.0. The van der Waals surface area contributed by atoms with Crippen molar-refractivity contribution in [2.45, 2.75) is 25.1 Å². The summed E-state index contributed by atoms with van der Waals surface area (Å²) in [7, 11) is -4.08. The molecule has 0 aliphatic heterocycles. The summed E-state index contributed by atoms with van der Waals surface area (Å²) in [5.74, 6) is -0.753. The van der Waals surface area contributed by atoms with Crippen molar-refractivity contribution < 1.29 is 31.4 Å². The van der Waals surface area contributed by atoms with Crippen molar-refractivity contribution >= 4 is 15.7 Å². The third kappa shape index (κ3) is 4.31. The maximum Gasteiger partial charge on any atom is 0.573 e. The summed E-state index contributed by atoms with van der Waals surface area (Å²) in [6.45, 7) is 3.34. The number of alkyl halides is 3. The van der Waals surface area contributed by atoms with Crippen LogP contribution in [0.25, 0.3) is 0 Å². The predicted molar refractivity (Wildman–Crippen MR) is 81.5 cm³/mol. The van der Waals surface area contributed by atoms with Crippen molar-refractivity contribution in [3.63, 3.8) is 0 Å². The number of hydrogen-bond acceptors (Lipinski definition) is 4. The molecule has 0 unspecified atom stereocenters. The number of anilines is 1. The number of sulfonamides is 1. The van der Waals surface area contributed by atoms with Crippen LogP contribution in [0.15, 0.2) is 41.3 Å². The van der Waals surface area contributed by atoms with E-state index < -0.39 is 22.1 Å². The molecule has 2 aromatic rings. The number of aryl methyl sites for hydroxylation is 2. The van der Waals surface area contributed by atoms with Crippen LogP contribution in [0.1, 0.15) is 11.1 Å². The second-order valence-electron chi connectivity index (χ2n) is 5.10. The van der Waals surface area contributed by atoms with Crippen LogP contribution < -0.4 is 9.46 Å². The highest BCUT2D eigenvalue weighted by molar-refractivity contribution is 7.92. The van der Waals surface area contributed by atoms with Gasteiger partial charge in [-0.2, -0.15) is 0 Å². The Balaban J connectivity index is 2.28. The average molecular weight is 361 g/mol. The molecule has 0 amide bonds. The van der Waals surface area contributed by atoms with Gasteiger partial charge in [0.15, 0.2) is 0 Å². The summed E-state index contributed by atoms with van der Waals surface area (Å²) in [4.78, 5) is -0.268. The van der Waals surface area contributed by atoms with Crippen LogP contribution in [0, 0.1) is 13.8 Å². The molecule has 0 atom stereocenters. The van der Waals surface area contributed by atoms with E-state index in [1.54, 1.807) is 19.9 Å². The van der Waals surface area contributed by atoms with Crippen molar-refractivity contribution in [1.29, 1.82) is 0 Å². The van der Waals surface area contributed by atoms with Gasteiger partial charge in [0.1, 0.15) is 11.5 Å². The van der Waals surface area contributed by atoms with E-state index in [1.165, 1.54) is 6.07 Å². The molecule has 130 valence electrons. The maximum absolute atomic E-state index is 12.3. The van der Waals surface area contributed by atoms with Crippen molar-refractivity contribution in [3.8, 4) is 11.5 Å². The average Bonchev–Trinajstić information content (AvgIpc) is 2.42. The molecule has 2 rings (SSSR count). The molecule has 0 radical (unpaired) electrons. The number of benzene rings is 2. The number of phenolic OH excluding ortho intramolecular Hbond substituents is 1. The van der Waals surface area contributed by atoms with Crippen LogP contribution in [0.3, 0.4) is 0 Å². The Bertz CT molecular complexity index is 846. The lowest BCUT2D eigenvalue weighted by molar-refractivity contribution is -0.274. The summed E-state index contributed by atoms with van der Waals surface area (Å²) < 4.78 is 66.8. The summed E-state index contributed by atoms with van der Waals surface area (Å²) in [6.07, 6.45) is -4.86. The van der Waals surface area contributed by atoms with E-state index >= 15 is 0 Å². The summed E-state index contributed by atoms with van der Waals surface area (Å²) in [5.41, 5.74) is 1.21. The minimum Gasteiger partial charge on any atom is -0.505 e. The fourth-order valence-corrected chi connectivity index (χ4v) is 3.12. The summed E-state index contributed by atoms with van der Waals surface area (Å²) >= 11 is 0. The molecule has 0 aliphatic carbocycles. The standard InChI is InChI=1S/C15H14F3NO4S/c1-9-7-10(2)14(20)13(8-9)19-24(21,22)12-5-3-11(4-6-12)23-15(16,17)18/h3-8,19-20H,1-2H3. The molecule has 2 N–H and O–H groups in total. The predicted octanol–water partition coefficient (Wildman–Crippen LogP) is 3.71. The zero-order chi connectivity index (χ0) is 18.1. The van der Waals surface area contributed by atoms with Gasteiger partial charge in [-0.3, -0.25) is 4.72 Å². The third-order valence-electron chi connectivity index (χ3n) is 3.06. The van der Waals surface area contributed by atoms with Crippen molar-refractivity contribution in [2.24, 2.45) is 0 Å². The molecule has 0 spiro atoms. The molecule has 2 aromatic carbocycles. The van der Waals surface area contributed by atoms with Crippen LogP contribution >= 0.6 is 0 Å². The van der Waals surface area contributed by atoms with Gasteiger partial charge in [-0.15, -0.1) is 13.2 Å². The van der Waals surface area contributed by atoms with E-state index in [4.69, 9.17) is 0 Å². The lowest BCUT2D eigenvalue weighted by Gasteiger charge is -2.13. The van der Waals surface area contributed by atoms with Gasteiger partial charge in [0.25, 0.3) is 10.0 Å². The smallest absolute Gasteiger partial charge is 0.505 e. The van der Waals surface area contributed by atoms with Gasteiger partial charge < -0.3 is 9.84 Å². The van der Waals surface area contributed by atoms with Crippen LogP contribution in [0.4, 0.5) is 18.9 Å². The number of aromatic hydroxyl groups is 1. The van der Waals surface area contributed by atoms with Crippen molar-refractivity contribution in [1.82, 2.24) is 0 Å². The first-order valence-corrected chi connectivity index (χ1v) is 8.15. The minimum atomic E-state index is -4.86. The fraction of sp³-hybridized carbons (Fsp3) is 0.200. The summed E-state index contributed by atoms with van der Waals surface area (Å²) in [5, 5.41) is 9.93. The number of ether oxygens (including phenoxy) is 1. The monoisotopic (exact) mass is 361 g/mol. The number of halogens is 3. The van der Waals surface area contributed by atoms with Gasteiger partial charge in [-0.05, 0) is 55.3 Å². The Kier molecular flexibility index (Phi) is 4.66. The lowest BCUT2D eigenvalue weighted by atomic mass is 10.1. The Morgan fingerprint density at radius 2 is 1.67 bits per heavy atom. The fourth-order valence-electron chi connectivity index (χ4n) is 2.06. The van der Waals surface area contributed by atoms with Crippen LogP contribution in [0.2, 0.25) is 0 Å². The highest BCUT2D eigenvalue weighted by Gasteiger charge is 2.31. The molecule has 0 saturated heterocycles.